The molecule has 7 nitrogen and oxygen atoms in total. The van der Waals surface area contributed by atoms with Gasteiger partial charge >= 0.3 is 6.03 Å². The van der Waals surface area contributed by atoms with E-state index in [9.17, 15) is 9.59 Å². The summed E-state index contributed by atoms with van der Waals surface area (Å²) in [6, 6.07) is 16.7. The molecule has 0 unspecified atom stereocenters. The third-order valence-electron chi connectivity index (χ3n) is 4.13. The highest BCUT2D eigenvalue weighted by atomic mass is 32.2. The number of amides is 3. The Morgan fingerprint density at radius 2 is 1.82 bits per heavy atom. The first kappa shape index (κ1) is 19.6. The predicted molar refractivity (Wildman–Crippen MR) is 109 cm³/mol. The van der Waals surface area contributed by atoms with Gasteiger partial charge in [0.05, 0.1) is 0 Å². The van der Waals surface area contributed by atoms with Crippen LogP contribution in [-0.2, 0) is 11.2 Å². The van der Waals surface area contributed by atoms with E-state index in [0.717, 1.165) is 17.5 Å². The molecule has 0 saturated heterocycles. The number of nitrogens with one attached hydrogen (secondary N) is 3. The van der Waals surface area contributed by atoms with Crippen molar-refractivity contribution in [2.24, 2.45) is 0 Å². The lowest BCUT2D eigenvalue weighted by Gasteiger charge is -2.14. The van der Waals surface area contributed by atoms with E-state index in [1.807, 2.05) is 54.6 Å². The number of benzene rings is 2. The molecule has 3 amide bonds. The molecule has 1 aromatic heterocycles. The summed E-state index contributed by atoms with van der Waals surface area (Å²) in [7, 11) is 1.46. The maximum absolute atomic E-state index is 12.6. The Labute approximate surface area is 167 Å². The maximum Gasteiger partial charge on any atom is 0.321 e. The number of rotatable bonds is 6. The summed E-state index contributed by atoms with van der Waals surface area (Å²) in [6.45, 7) is 2.10. The molecule has 0 bridgehead atoms. The molecular weight excluding hydrogens is 374 g/mol. The number of carbonyl (C=O) groups is 2. The zero-order valence-corrected chi connectivity index (χ0v) is 16.4. The van der Waals surface area contributed by atoms with Gasteiger partial charge in [0.1, 0.15) is 5.25 Å². The van der Waals surface area contributed by atoms with E-state index in [0.29, 0.717) is 11.0 Å². The number of H-pyrrole nitrogens is 1. The molecule has 3 rings (SSSR count). The fourth-order valence-corrected chi connectivity index (χ4v) is 3.48. The highest BCUT2D eigenvalue weighted by molar-refractivity contribution is 8.00. The smallest absolute Gasteiger partial charge is 0.321 e. The van der Waals surface area contributed by atoms with E-state index in [4.69, 9.17) is 0 Å². The largest absolute Gasteiger partial charge is 0.341 e. The summed E-state index contributed by atoms with van der Waals surface area (Å²) in [5, 5.41) is 11.6. The quantitative estimate of drug-likeness (QED) is 0.556. The summed E-state index contributed by atoms with van der Waals surface area (Å²) in [5.74, 6) is 0.192. The molecule has 3 aromatic rings. The number of carbonyl (C=O) groups excluding carboxylic acids is 2. The molecule has 0 aliphatic carbocycles. The summed E-state index contributed by atoms with van der Waals surface area (Å²) >= 11 is 1.18. The molecule has 1 atom stereocenters. The molecule has 0 saturated carbocycles. The van der Waals surface area contributed by atoms with Crippen LogP contribution in [0, 0.1) is 0 Å². The zero-order valence-electron chi connectivity index (χ0n) is 15.6. The highest BCUT2D eigenvalue weighted by Crippen LogP contribution is 2.34. The van der Waals surface area contributed by atoms with Crippen LogP contribution < -0.4 is 10.6 Å². The number of thioether (sulfide) groups is 1. The Balaban J connectivity index is 1.81. The van der Waals surface area contributed by atoms with Gasteiger partial charge in [-0.1, -0.05) is 73.3 Å². The third-order valence-corrected chi connectivity index (χ3v) is 5.24. The van der Waals surface area contributed by atoms with Crippen molar-refractivity contribution in [3.63, 3.8) is 0 Å². The minimum absolute atomic E-state index is 0.426. The van der Waals surface area contributed by atoms with Crippen LogP contribution in [0.3, 0.4) is 0 Å². The molecule has 144 valence electrons. The number of nitrogens with zero attached hydrogens (tertiary/aromatic N) is 2. The van der Waals surface area contributed by atoms with Gasteiger partial charge in [0.25, 0.3) is 0 Å². The average molecular weight is 395 g/mol. The molecule has 0 aliphatic heterocycles. The van der Waals surface area contributed by atoms with E-state index in [2.05, 4.69) is 32.7 Å². The Morgan fingerprint density at radius 1 is 1.11 bits per heavy atom. The molecule has 28 heavy (non-hydrogen) atoms. The fourth-order valence-electron chi connectivity index (χ4n) is 2.57. The van der Waals surface area contributed by atoms with Gasteiger partial charge in [0.2, 0.25) is 11.1 Å². The van der Waals surface area contributed by atoms with Crippen molar-refractivity contribution in [3.05, 3.63) is 65.7 Å². The first-order valence-corrected chi connectivity index (χ1v) is 9.74. The first-order valence-electron chi connectivity index (χ1n) is 8.86. The van der Waals surface area contributed by atoms with Crippen molar-refractivity contribution in [1.82, 2.24) is 25.8 Å². The van der Waals surface area contributed by atoms with Crippen LogP contribution in [0.15, 0.2) is 59.8 Å². The second-order valence-electron chi connectivity index (χ2n) is 5.99. The van der Waals surface area contributed by atoms with Crippen LogP contribution in [0.5, 0.6) is 0 Å². The predicted octanol–water partition coefficient (Wildman–Crippen LogP) is 3.32. The van der Waals surface area contributed by atoms with Gasteiger partial charge in [-0.3, -0.25) is 15.2 Å². The average Bonchev–Trinajstić information content (AvgIpc) is 3.21. The molecule has 0 aliphatic rings. The second kappa shape index (κ2) is 9.18. The number of aromatic amines is 1. The van der Waals surface area contributed by atoms with E-state index in [1.54, 1.807) is 0 Å². The molecular formula is C20H21N5O2S. The number of aromatic nitrogens is 3. The van der Waals surface area contributed by atoms with Crippen LogP contribution in [0.4, 0.5) is 4.79 Å². The molecule has 3 N–H and O–H groups in total. The topological polar surface area (TPSA) is 99.8 Å². The van der Waals surface area contributed by atoms with Crippen LogP contribution in [0.2, 0.25) is 0 Å². The molecule has 0 spiro atoms. The van der Waals surface area contributed by atoms with Crippen LogP contribution in [-0.4, -0.2) is 34.2 Å². The zero-order chi connectivity index (χ0) is 19.9. The van der Waals surface area contributed by atoms with E-state index in [-0.39, 0.29) is 0 Å². The van der Waals surface area contributed by atoms with Crippen LogP contribution in [0.1, 0.15) is 23.3 Å². The Bertz CT molecular complexity index is 941. The summed E-state index contributed by atoms with van der Waals surface area (Å²) in [6.07, 6.45) is 0.969. The summed E-state index contributed by atoms with van der Waals surface area (Å²) < 4.78 is 0. The first-order chi connectivity index (χ1) is 13.6. The van der Waals surface area contributed by atoms with Crippen LogP contribution in [0.25, 0.3) is 11.4 Å². The number of imide groups is 1. The van der Waals surface area contributed by atoms with Crippen molar-refractivity contribution in [2.45, 2.75) is 23.8 Å². The number of hydrogen-bond donors (Lipinski definition) is 3. The fraction of sp³-hybridized carbons (Fsp3) is 0.200. The van der Waals surface area contributed by atoms with Gasteiger partial charge in [-0.25, -0.2) is 9.78 Å². The summed E-state index contributed by atoms with van der Waals surface area (Å²) in [5.41, 5.74) is 2.92. The number of hydrogen-bond acceptors (Lipinski definition) is 5. The van der Waals surface area contributed by atoms with Gasteiger partial charge in [-0.15, -0.1) is 5.10 Å². The van der Waals surface area contributed by atoms with Gasteiger partial charge in [0.15, 0.2) is 5.82 Å². The monoisotopic (exact) mass is 395 g/mol. The van der Waals surface area contributed by atoms with E-state index < -0.39 is 17.2 Å². The molecule has 0 radical (unpaired) electrons. The molecule has 2 aromatic carbocycles. The maximum atomic E-state index is 12.6. The molecule has 8 heteroatoms. The van der Waals surface area contributed by atoms with Gasteiger partial charge in [0, 0.05) is 12.6 Å². The lowest BCUT2D eigenvalue weighted by molar-refractivity contribution is -0.119. The van der Waals surface area contributed by atoms with Gasteiger partial charge in [-0.2, -0.15) is 0 Å². The highest BCUT2D eigenvalue weighted by Gasteiger charge is 2.25. The van der Waals surface area contributed by atoms with Crippen molar-refractivity contribution >= 4 is 23.7 Å². The lowest BCUT2D eigenvalue weighted by atomic mass is 10.1. The number of aryl methyl sites for hydroxylation is 1. The Kier molecular flexibility index (Phi) is 6.44. The molecule has 1 heterocycles. The van der Waals surface area contributed by atoms with E-state index >= 15 is 0 Å². The molecule has 0 fully saturated rings. The minimum atomic E-state index is -0.662. The second-order valence-corrected chi connectivity index (χ2v) is 7.07. The standard InChI is InChI=1S/C20H21N5O2S/c1-3-13-9-11-15(12-10-13)17-22-20(25-24-17)28-16(14-7-5-4-6-8-14)18(26)23-19(27)21-2/h4-12,16H,3H2,1-2H3,(H,22,24,25)(H2,21,23,26,27)/t16-/m0/s1. The normalized spacial score (nSPS) is 11.6. The van der Waals surface area contributed by atoms with Gasteiger partial charge < -0.3 is 5.32 Å². The summed E-state index contributed by atoms with van der Waals surface area (Å²) in [4.78, 5) is 28.7. The Morgan fingerprint density at radius 3 is 2.46 bits per heavy atom. The van der Waals surface area contributed by atoms with Crippen molar-refractivity contribution < 1.29 is 9.59 Å². The van der Waals surface area contributed by atoms with Crippen molar-refractivity contribution in [3.8, 4) is 11.4 Å². The third kappa shape index (κ3) is 4.77. The van der Waals surface area contributed by atoms with Crippen LogP contribution >= 0.6 is 11.8 Å². The van der Waals surface area contributed by atoms with Gasteiger partial charge in [-0.05, 0) is 17.5 Å². The van der Waals surface area contributed by atoms with E-state index in [1.165, 1.54) is 24.4 Å². The van der Waals surface area contributed by atoms with Crippen molar-refractivity contribution in [2.75, 3.05) is 7.05 Å². The SMILES string of the molecule is CCc1ccc(-c2nc(S[C@H](C(=O)NC(=O)NC)c3ccccc3)n[nH]2)cc1. The number of urea groups is 1. The lowest BCUT2D eigenvalue weighted by Crippen LogP contribution is -2.39. The van der Waals surface area contributed by atoms with Crippen molar-refractivity contribution in [1.29, 1.82) is 0 Å². The minimum Gasteiger partial charge on any atom is -0.341 e. The Hall–Kier alpha value is -3.13.